The van der Waals surface area contributed by atoms with Crippen LogP contribution in [-0.4, -0.2) is 44.2 Å². The maximum absolute atomic E-state index is 11.8. The quantitative estimate of drug-likeness (QED) is 0.547. The molecule has 2 aromatic carbocycles. The van der Waals surface area contributed by atoms with E-state index in [0.717, 1.165) is 48.0 Å². The molecule has 160 valence electrons. The average Bonchev–Trinajstić information content (AvgIpc) is 3.11. The van der Waals surface area contributed by atoms with Gasteiger partial charge in [-0.05, 0) is 65.5 Å². The van der Waals surface area contributed by atoms with E-state index in [1.807, 2.05) is 30.3 Å². The number of fused-ring (bicyclic) bond motifs is 1. The van der Waals surface area contributed by atoms with E-state index < -0.39 is 16.1 Å². The van der Waals surface area contributed by atoms with Crippen LogP contribution in [0.3, 0.4) is 0 Å². The summed E-state index contributed by atoms with van der Waals surface area (Å²) in [6, 6.07) is 13.1. The number of nitrogens with two attached hydrogens (primary N) is 1. The van der Waals surface area contributed by atoms with Gasteiger partial charge in [-0.1, -0.05) is 30.3 Å². The maximum atomic E-state index is 11.8. The Bertz CT molecular complexity index is 1140. The van der Waals surface area contributed by atoms with Crippen LogP contribution in [0.2, 0.25) is 0 Å². The van der Waals surface area contributed by atoms with Crippen molar-refractivity contribution in [1.29, 1.82) is 0 Å². The van der Waals surface area contributed by atoms with Crippen LogP contribution in [0.15, 0.2) is 62.5 Å². The summed E-state index contributed by atoms with van der Waals surface area (Å²) in [6.07, 6.45) is 3.61. The Labute approximate surface area is 184 Å². The Morgan fingerprint density at radius 3 is 2.63 bits per heavy atom. The fraction of sp³-hybridized carbons (Fsp3) is 0.364. The van der Waals surface area contributed by atoms with Crippen LogP contribution in [0.4, 0.5) is 0 Å². The third-order valence-electron chi connectivity index (χ3n) is 5.81. The fourth-order valence-corrected chi connectivity index (χ4v) is 6.20. The predicted molar refractivity (Wildman–Crippen MR) is 120 cm³/mol. The van der Waals surface area contributed by atoms with Crippen molar-refractivity contribution in [2.24, 2.45) is 5.14 Å². The van der Waals surface area contributed by atoms with E-state index in [0.29, 0.717) is 17.4 Å². The first kappa shape index (κ1) is 21.5. The number of primary sulfonamides is 1. The van der Waals surface area contributed by atoms with Crippen molar-refractivity contribution >= 4 is 36.9 Å². The number of furan rings is 1. The molecular weight excluding hydrogens is 468 g/mol. The summed E-state index contributed by atoms with van der Waals surface area (Å²) >= 11 is 3.44. The number of sulfonamides is 1. The number of rotatable bonds is 6. The first-order chi connectivity index (χ1) is 14.3. The van der Waals surface area contributed by atoms with Crippen molar-refractivity contribution in [2.45, 2.75) is 36.2 Å². The van der Waals surface area contributed by atoms with Crippen molar-refractivity contribution in [3.8, 4) is 0 Å². The van der Waals surface area contributed by atoms with Crippen molar-refractivity contribution in [3.63, 3.8) is 0 Å². The zero-order valence-electron chi connectivity index (χ0n) is 16.5. The normalized spacial score (nSPS) is 17.4. The summed E-state index contributed by atoms with van der Waals surface area (Å²) in [4.78, 5) is 2.39. The highest BCUT2D eigenvalue weighted by atomic mass is 79.9. The van der Waals surface area contributed by atoms with E-state index in [-0.39, 0.29) is 10.8 Å². The minimum absolute atomic E-state index is 0.130. The van der Waals surface area contributed by atoms with Gasteiger partial charge in [-0.2, -0.15) is 0 Å². The van der Waals surface area contributed by atoms with E-state index in [9.17, 15) is 13.5 Å². The van der Waals surface area contributed by atoms with Crippen LogP contribution in [0, 0.1) is 0 Å². The molecule has 0 radical (unpaired) electrons. The Balaban J connectivity index is 1.36. The molecule has 1 fully saturated rings. The molecule has 4 rings (SSSR count). The van der Waals surface area contributed by atoms with Gasteiger partial charge in [-0.25, -0.2) is 13.6 Å². The lowest BCUT2D eigenvalue weighted by Gasteiger charge is -2.33. The SMILES string of the molecule is NS(=O)(=O)c1cccc(C2CCN(CC(O)Cc3coc4ccccc34)CC2)c1Br. The van der Waals surface area contributed by atoms with Crippen LogP contribution in [-0.2, 0) is 16.4 Å². The summed E-state index contributed by atoms with van der Waals surface area (Å²) in [5.41, 5.74) is 2.84. The lowest BCUT2D eigenvalue weighted by molar-refractivity contribution is 0.0971. The molecule has 0 bridgehead atoms. The van der Waals surface area contributed by atoms with Gasteiger partial charge in [0.2, 0.25) is 10.0 Å². The zero-order chi connectivity index (χ0) is 21.3. The Morgan fingerprint density at radius 1 is 1.17 bits per heavy atom. The molecule has 1 atom stereocenters. The smallest absolute Gasteiger partial charge is 0.239 e. The van der Waals surface area contributed by atoms with Gasteiger partial charge >= 0.3 is 0 Å². The van der Waals surface area contributed by atoms with Gasteiger partial charge in [0.1, 0.15) is 5.58 Å². The van der Waals surface area contributed by atoms with Crippen LogP contribution in [0.5, 0.6) is 0 Å². The van der Waals surface area contributed by atoms with Crippen molar-refractivity contribution in [1.82, 2.24) is 4.90 Å². The van der Waals surface area contributed by atoms with E-state index in [1.54, 1.807) is 12.3 Å². The summed E-state index contributed by atoms with van der Waals surface area (Å²) < 4.78 is 29.7. The molecule has 0 amide bonds. The minimum Gasteiger partial charge on any atom is -0.464 e. The van der Waals surface area contributed by atoms with Crippen LogP contribution in [0.25, 0.3) is 11.0 Å². The van der Waals surface area contributed by atoms with Crippen molar-refractivity contribution < 1.29 is 17.9 Å². The maximum Gasteiger partial charge on any atom is 0.239 e. The monoisotopic (exact) mass is 492 g/mol. The number of aliphatic hydroxyl groups excluding tert-OH is 1. The third kappa shape index (κ3) is 4.63. The first-order valence-corrected chi connectivity index (χ1v) is 12.3. The number of β-amino-alcohol motifs (C(OH)–C–C–N with tert-alkyl or cyclic N) is 1. The molecule has 3 N–H and O–H groups in total. The zero-order valence-corrected chi connectivity index (χ0v) is 18.9. The van der Waals surface area contributed by atoms with Gasteiger partial charge in [0.05, 0.1) is 17.3 Å². The second-order valence-corrected chi connectivity index (χ2v) is 10.2. The number of aliphatic hydroxyl groups is 1. The lowest BCUT2D eigenvalue weighted by Crippen LogP contribution is -2.39. The highest BCUT2D eigenvalue weighted by Gasteiger charge is 2.26. The number of hydrogen-bond donors (Lipinski definition) is 2. The molecule has 6 nitrogen and oxygen atoms in total. The van der Waals surface area contributed by atoms with Gasteiger partial charge in [-0.3, -0.25) is 0 Å². The van der Waals surface area contributed by atoms with Crippen LogP contribution in [0.1, 0.15) is 29.9 Å². The van der Waals surface area contributed by atoms with E-state index in [4.69, 9.17) is 9.56 Å². The number of benzene rings is 2. The average molecular weight is 493 g/mol. The van der Waals surface area contributed by atoms with Crippen molar-refractivity contribution in [2.75, 3.05) is 19.6 Å². The Morgan fingerprint density at radius 2 is 1.90 bits per heavy atom. The lowest BCUT2D eigenvalue weighted by atomic mass is 9.89. The second-order valence-electron chi connectivity index (χ2n) is 7.89. The van der Waals surface area contributed by atoms with E-state index >= 15 is 0 Å². The second kappa shape index (κ2) is 8.80. The topological polar surface area (TPSA) is 96.8 Å². The van der Waals surface area contributed by atoms with Crippen LogP contribution >= 0.6 is 15.9 Å². The number of para-hydroxylation sites is 1. The first-order valence-electron chi connectivity index (χ1n) is 9.99. The fourth-order valence-electron chi connectivity index (χ4n) is 4.30. The number of halogens is 1. The Hall–Kier alpha value is -1.71. The van der Waals surface area contributed by atoms with Gasteiger partial charge in [0, 0.05) is 28.4 Å². The van der Waals surface area contributed by atoms with E-state index in [1.165, 1.54) is 6.07 Å². The molecule has 1 unspecified atom stereocenters. The van der Waals surface area contributed by atoms with Gasteiger partial charge < -0.3 is 14.4 Å². The van der Waals surface area contributed by atoms with Gasteiger partial charge in [0.15, 0.2) is 0 Å². The number of likely N-dealkylation sites (tertiary alicyclic amines) is 1. The molecule has 1 aromatic heterocycles. The molecule has 0 saturated carbocycles. The molecule has 1 aliphatic heterocycles. The summed E-state index contributed by atoms with van der Waals surface area (Å²) in [6.45, 7) is 2.30. The molecule has 0 aliphatic carbocycles. The molecule has 1 aliphatic rings. The minimum atomic E-state index is -3.76. The summed E-state index contributed by atoms with van der Waals surface area (Å²) in [5, 5.41) is 17.0. The molecular formula is C22H25BrN2O4S. The third-order valence-corrected chi connectivity index (χ3v) is 7.91. The van der Waals surface area contributed by atoms with Crippen molar-refractivity contribution in [3.05, 3.63) is 64.3 Å². The molecule has 2 heterocycles. The standard InChI is InChI=1S/C22H25BrN2O4S/c23-22-19(5-3-7-21(22)30(24,27)28)15-8-10-25(11-9-15)13-17(26)12-16-14-29-20-6-2-1-4-18(16)20/h1-7,14-15,17,26H,8-13H2,(H2,24,27,28). The number of piperidine rings is 1. The highest BCUT2D eigenvalue weighted by molar-refractivity contribution is 9.10. The Kier molecular flexibility index (Phi) is 6.31. The largest absolute Gasteiger partial charge is 0.464 e. The summed E-state index contributed by atoms with van der Waals surface area (Å²) in [5.74, 6) is 0.257. The predicted octanol–water partition coefficient (Wildman–Crippen LogP) is 3.63. The summed E-state index contributed by atoms with van der Waals surface area (Å²) in [7, 11) is -3.76. The number of hydrogen-bond acceptors (Lipinski definition) is 5. The highest BCUT2D eigenvalue weighted by Crippen LogP contribution is 2.36. The molecule has 3 aromatic rings. The van der Waals surface area contributed by atoms with Crippen LogP contribution < -0.4 is 5.14 Å². The molecule has 30 heavy (non-hydrogen) atoms. The van der Waals surface area contributed by atoms with Gasteiger partial charge in [-0.15, -0.1) is 0 Å². The molecule has 0 spiro atoms. The molecule has 8 heteroatoms. The molecule has 1 saturated heterocycles. The van der Waals surface area contributed by atoms with E-state index in [2.05, 4.69) is 20.8 Å². The number of nitrogens with zero attached hydrogens (tertiary/aromatic N) is 1. The van der Waals surface area contributed by atoms with Gasteiger partial charge in [0.25, 0.3) is 0 Å².